The second kappa shape index (κ2) is 5.29. The predicted octanol–water partition coefficient (Wildman–Crippen LogP) is 1.90. The molecule has 2 nitrogen and oxygen atoms in total. The van der Waals surface area contributed by atoms with Crippen LogP contribution in [0.2, 0.25) is 0 Å². The second-order valence-electron chi connectivity index (χ2n) is 4.70. The Balaban J connectivity index is 2.35. The molecule has 1 aromatic rings. The van der Waals surface area contributed by atoms with E-state index in [1.54, 1.807) is 0 Å². The molecule has 0 radical (unpaired) electrons. The predicted molar refractivity (Wildman–Crippen MR) is 64.1 cm³/mol. The lowest BCUT2D eigenvalue weighted by Crippen LogP contribution is -2.43. The number of rotatable bonds is 5. The lowest BCUT2D eigenvalue weighted by Gasteiger charge is -2.23. The minimum atomic E-state index is -0.176. The molecule has 0 saturated carbocycles. The lowest BCUT2D eigenvalue weighted by atomic mass is 10.1. The average Bonchev–Trinajstić information content (AvgIpc) is 2.21. The van der Waals surface area contributed by atoms with Crippen LogP contribution in [0.15, 0.2) is 24.3 Å². The van der Waals surface area contributed by atoms with Crippen LogP contribution in [-0.4, -0.2) is 23.8 Å². The van der Waals surface area contributed by atoms with Gasteiger partial charge >= 0.3 is 0 Å². The van der Waals surface area contributed by atoms with Crippen molar-refractivity contribution in [3.05, 3.63) is 35.4 Å². The summed E-state index contributed by atoms with van der Waals surface area (Å²) in [4.78, 5) is 0. The summed E-state index contributed by atoms with van der Waals surface area (Å²) in [5.41, 5.74) is 2.45. The van der Waals surface area contributed by atoms with Crippen molar-refractivity contribution < 1.29 is 5.11 Å². The molecule has 0 fully saturated rings. The fraction of sp³-hybridized carbons (Fsp3) is 0.538. The third kappa shape index (κ3) is 4.45. The van der Waals surface area contributed by atoms with E-state index in [9.17, 15) is 0 Å². The molecular weight excluding hydrogens is 186 g/mol. The molecule has 0 saturated heterocycles. The normalized spacial score (nSPS) is 11.7. The van der Waals surface area contributed by atoms with Crippen molar-refractivity contribution in [2.24, 2.45) is 0 Å². The zero-order chi connectivity index (χ0) is 11.3. The molecule has 0 spiro atoms. The number of nitrogens with one attached hydrogen (secondary N) is 1. The summed E-state index contributed by atoms with van der Waals surface area (Å²) < 4.78 is 0. The van der Waals surface area contributed by atoms with Crippen LogP contribution in [0.4, 0.5) is 0 Å². The summed E-state index contributed by atoms with van der Waals surface area (Å²) in [6, 6.07) is 8.57. The molecule has 0 aliphatic heterocycles. The third-order valence-electron chi connectivity index (χ3n) is 2.53. The van der Waals surface area contributed by atoms with Crippen LogP contribution in [0.1, 0.15) is 25.0 Å². The van der Waals surface area contributed by atoms with Crippen molar-refractivity contribution in [2.75, 3.05) is 13.2 Å². The first-order valence-electron chi connectivity index (χ1n) is 5.45. The molecule has 0 bridgehead atoms. The minimum absolute atomic E-state index is 0.168. The van der Waals surface area contributed by atoms with Gasteiger partial charge in [0.25, 0.3) is 0 Å². The third-order valence-corrected chi connectivity index (χ3v) is 2.53. The Bertz CT molecular complexity index is 290. The molecule has 0 heterocycles. The van der Waals surface area contributed by atoms with Crippen LogP contribution >= 0.6 is 0 Å². The van der Waals surface area contributed by atoms with Crippen molar-refractivity contribution >= 4 is 0 Å². The second-order valence-corrected chi connectivity index (χ2v) is 4.70. The van der Waals surface area contributed by atoms with Gasteiger partial charge in [0.1, 0.15) is 0 Å². The fourth-order valence-corrected chi connectivity index (χ4v) is 1.36. The van der Waals surface area contributed by atoms with E-state index in [0.29, 0.717) is 0 Å². The van der Waals surface area contributed by atoms with Crippen molar-refractivity contribution in [2.45, 2.75) is 32.7 Å². The molecule has 0 aliphatic carbocycles. The Morgan fingerprint density at radius 2 is 1.80 bits per heavy atom. The molecule has 84 valence electrons. The highest BCUT2D eigenvalue weighted by atomic mass is 16.3. The molecule has 2 heteroatoms. The van der Waals surface area contributed by atoms with Gasteiger partial charge in [-0.1, -0.05) is 29.8 Å². The number of hydrogen-bond acceptors (Lipinski definition) is 2. The van der Waals surface area contributed by atoms with Gasteiger partial charge in [0, 0.05) is 5.54 Å². The van der Waals surface area contributed by atoms with Crippen LogP contribution in [-0.2, 0) is 6.42 Å². The van der Waals surface area contributed by atoms with E-state index in [-0.39, 0.29) is 12.1 Å². The van der Waals surface area contributed by atoms with Gasteiger partial charge in [-0.2, -0.15) is 0 Å². The van der Waals surface area contributed by atoms with Gasteiger partial charge < -0.3 is 10.4 Å². The maximum atomic E-state index is 9.07. The molecule has 0 atom stereocenters. The summed E-state index contributed by atoms with van der Waals surface area (Å²) in [5.74, 6) is 0. The van der Waals surface area contributed by atoms with E-state index in [0.717, 1.165) is 13.0 Å². The Kier molecular flexibility index (Phi) is 4.30. The molecule has 0 aromatic heterocycles. The van der Waals surface area contributed by atoms with Crippen LogP contribution in [0.5, 0.6) is 0 Å². The summed E-state index contributed by atoms with van der Waals surface area (Å²) in [5, 5.41) is 12.4. The van der Waals surface area contributed by atoms with E-state index in [1.165, 1.54) is 11.1 Å². The molecule has 0 aliphatic rings. The molecule has 1 rings (SSSR count). The first-order chi connectivity index (χ1) is 7.03. The number of aryl methyl sites for hydroxylation is 1. The minimum Gasteiger partial charge on any atom is -0.394 e. The quantitative estimate of drug-likeness (QED) is 0.773. The molecular formula is C13H21NO. The lowest BCUT2D eigenvalue weighted by molar-refractivity contribution is 0.189. The fourth-order valence-electron chi connectivity index (χ4n) is 1.36. The number of aliphatic hydroxyl groups excluding tert-OH is 1. The molecule has 0 unspecified atom stereocenters. The van der Waals surface area contributed by atoms with Gasteiger partial charge in [0.15, 0.2) is 0 Å². The van der Waals surface area contributed by atoms with Crippen LogP contribution in [0.3, 0.4) is 0 Å². The zero-order valence-corrected chi connectivity index (χ0v) is 9.88. The highest BCUT2D eigenvalue weighted by Gasteiger charge is 2.13. The van der Waals surface area contributed by atoms with E-state index >= 15 is 0 Å². The summed E-state index contributed by atoms with van der Waals surface area (Å²) in [6.07, 6.45) is 1.00. The number of hydrogen-bond donors (Lipinski definition) is 2. The molecule has 2 N–H and O–H groups in total. The molecule has 15 heavy (non-hydrogen) atoms. The Labute approximate surface area is 92.3 Å². The zero-order valence-electron chi connectivity index (χ0n) is 9.88. The van der Waals surface area contributed by atoms with Crippen molar-refractivity contribution in [3.63, 3.8) is 0 Å². The Morgan fingerprint density at radius 3 is 2.33 bits per heavy atom. The van der Waals surface area contributed by atoms with Gasteiger partial charge in [-0.15, -0.1) is 0 Å². The summed E-state index contributed by atoms with van der Waals surface area (Å²) in [7, 11) is 0. The SMILES string of the molecule is Cc1ccc(CCNC(C)(C)CO)cc1. The highest BCUT2D eigenvalue weighted by molar-refractivity contribution is 5.21. The topological polar surface area (TPSA) is 32.3 Å². The maximum Gasteiger partial charge on any atom is 0.0607 e. The summed E-state index contributed by atoms with van der Waals surface area (Å²) in [6.45, 7) is 7.17. The number of aliphatic hydroxyl groups is 1. The van der Waals surface area contributed by atoms with Gasteiger partial charge in [0.2, 0.25) is 0 Å². The molecule has 1 aromatic carbocycles. The van der Waals surface area contributed by atoms with Crippen molar-refractivity contribution in [1.82, 2.24) is 5.32 Å². The van der Waals surface area contributed by atoms with E-state index in [2.05, 4.69) is 36.5 Å². The smallest absolute Gasteiger partial charge is 0.0607 e. The monoisotopic (exact) mass is 207 g/mol. The maximum absolute atomic E-state index is 9.07. The van der Waals surface area contributed by atoms with Gasteiger partial charge in [-0.05, 0) is 39.3 Å². The largest absolute Gasteiger partial charge is 0.394 e. The highest BCUT2D eigenvalue weighted by Crippen LogP contribution is 2.04. The first-order valence-corrected chi connectivity index (χ1v) is 5.45. The van der Waals surface area contributed by atoms with Crippen LogP contribution < -0.4 is 5.32 Å². The van der Waals surface area contributed by atoms with E-state index < -0.39 is 0 Å². The average molecular weight is 207 g/mol. The van der Waals surface area contributed by atoms with Gasteiger partial charge in [-0.25, -0.2) is 0 Å². The van der Waals surface area contributed by atoms with Gasteiger partial charge in [0.05, 0.1) is 6.61 Å². The van der Waals surface area contributed by atoms with Crippen LogP contribution in [0, 0.1) is 6.92 Å². The van der Waals surface area contributed by atoms with Crippen molar-refractivity contribution in [1.29, 1.82) is 0 Å². The number of benzene rings is 1. The Morgan fingerprint density at radius 1 is 1.20 bits per heavy atom. The van der Waals surface area contributed by atoms with Crippen molar-refractivity contribution in [3.8, 4) is 0 Å². The standard InChI is InChI=1S/C13H21NO/c1-11-4-6-12(7-5-11)8-9-14-13(2,3)10-15/h4-7,14-15H,8-10H2,1-3H3. The van der Waals surface area contributed by atoms with E-state index in [4.69, 9.17) is 5.11 Å². The summed E-state index contributed by atoms with van der Waals surface area (Å²) >= 11 is 0. The Hall–Kier alpha value is -0.860. The van der Waals surface area contributed by atoms with E-state index in [1.807, 2.05) is 13.8 Å². The van der Waals surface area contributed by atoms with Crippen LogP contribution in [0.25, 0.3) is 0 Å². The first kappa shape index (κ1) is 12.2. The van der Waals surface area contributed by atoms with Gasteiger partial charge in [-0.3, -0.25) is 0 Å². The molecule has 0 amide bonds.